The first-order valence-corrected chi connectivity index (χ1v) is 11.8. The number of nitrogens with one attached hydrogen (secondary N) is 1. The maximum Gasteiger partial charge on any atom is 0.251 e. The molecule has 4 rings (SSSR count). The Morgan fingerprint density at radius 1 is 1.03 bits per heavy atom. The van der Waals surface area contributed by atoms with Gasteiger partial charge in [0.2, 0.25) is 0 Å². The van der Waals surface area contributed by atoms with Gasteiger partial charge in [0, 0.05) is 26.6 Å². The van der Waals surface area contributed by atoms with E-state index in [1.165, 1.54) is 24.5 Å². The van der Waals surface area contributed by atoms with Crippen molar-refractivity contribution in [2.24, 2.45) is 0 Å². The monoisotopic (exact) mass is 474 g/mol. The minimum absolute atomic E-state index is 0.156. The quantitative estimate of drug-likeness (QED) is 0.343. The van der Waals surface area contributed by atoms with E-state index in [4.69, 9.17) is 9.47 Å². The van der Waals surface area contributed by atoms with Gasteiger partial charge in [-0.2, -0.15) is 0 Å². The van der Waals surface area contributed by atoms with Gasteiger partial charge in [-0.3, -0.25) is 9.59 Å². The second-order valence-electron chi connectivity index (χ2n) is 7.88. The standard InChI is InChI=1S/C27H26N2O4S/c1-5-17-11-21(20-15-34-26-16(2)7-6-8-19(20)26)29-22(12-17)23(30)14-28-27(31)18-9-10-24(32-3)25(13-18)33-4/h6-13,15H,5,14H2,1-4H3,(H,28,31). The summed E-state index contributed by atoms with van der Waals surface area (Å²) in [7, 11) is 3.03. The fourth-order valence-electron chi connectivity index (χ4n) is 3.80. The summed E-state index contributed by atoms with van der Waals surface area (Å²) >= 11 is 1.68. The summed E-state index contributed by atoms with van der Waals surface area (Å²) in [6.07, 6.45) is 0.773. The molecule has 4 aromatic rings. The summed E-state index contributed by atoms with van der Waals surface area (Å²) in [6.45, 7) is 3.98. The molecule has 34 heavy (non-hydrogen) atoms. The van der Waals surface area contributed by atoms with Crippen LogP contribution in [0.15, 0.2) is 53.9 Å². The molecule has 2 aromatic carbocycles. The van der Waals surface area contributed by atoms with Crippen LogP contribution in [0.5, 0.6) is 11.5 Å². The molecule has 0 fully saturated rings. The molecule has 0 bridgehead atoms. The van der Waals surface area contributed by atoms with E-state index in [0.717, 1.165) is 28.6 Å². The minimum Gasteiger partial charge on any atom is -0.493 e. The number of aromatic nitrogens is 1. The molecule has 0 saturated heterocycles. The zero-order chi connectivity index (χ0) is 24.2. The van der Waals surface area contributed by atoms with Crippen molar-refractivity contribution in [3.8, 4) is 22.8 Å². The van der Waals surface area contributed by atoms with Gasteiger partial charge in [-0.15, -0.1) is 11.3 Å². The molecule has 2 heterocycles. The van der Waals surface area contributed by atoms with Crippen LogP contribution in [0.2, 0.25) is 0 Å². The number of benzene rings is 2. The van der Waals surface area contributed by atoms with E-state index in [1.807, 2.05) is 19.1 Å². The Morgan fingerprint density at radius 3 is 2.56 bits per heavy atom. The third-order valence-corrected chi connectivity index (χ3v) is 6.84. The van der Waals surface area contributed by atoms with Crippen LogP contribution in [-0.2, 0) is 6.42 Å². The first-order valence-electron chi connectivity index (χ1n) is 11.0. The lowest BCUT2D eigenvalue weighted by molar-refractivity contribution is 0.0902. The average Bonchev–Trinajstić information content (AvgIpc) is 3.31. The van der Waals surface area contributed by atoms with Crippen LogP contribution in [0.1, 0.15) is 38.9 Å². The Morgan fingerprint density at radius 2 is 1.82 bits per heavy atom. The van der Waals surface area contributed by atoms with Crippen LogP contribution in [0, 0.1) is 6.92 Å². The molecule has 1 N–H and O–H groups in total. The molecule has 0 aliphatic carbocycles. The number of ketones is 1. The van der Waals surface area contributed by atoms with Crippen molar-refractivity contribution in [3.63, 3.8) is 0 Å². The number of hydrogen-bond acceptors (Lipinski definition) is 6. The zero-order valence-electron chi connectivity index (χ0n) is 19.6. The molecule has 7 heteroatoms. The number of nitrogens with zero attached hydrogens (tertiary/aromatic N) is 1. The number of hydrogen-bond donors (Lipinski definition) is 1. The molecular weight excluding hydrogens is 448 g/mol. The number of rotatable bonds is 8. The van der Waals surface area contributed by atoms with Crippen molar-refractivity contribution >= 4 is 33.1 Å². The number of pyridine rings is 1. The van der Waals surface area contributed by atoms with Crippen LogP contribution in [-0.4, -0.2) is 37.4 Å². The molecule has 6 nitrogen and oxygen atoms in total. The highest BCUT2D eigenvalue weighted by Crippen LogP contribution is 2.35. The minimum atomic E-state index is -0.375. The van der Waals surface area contributed by atoms with E-state index in [9.17, 15) is 9.59 Å². The third kappa shape index (κ3) is 4.65. The lowest BCUT2D eigenvalue weighted by Crippen LogP contribution is -2.30. The first kappa shape index (κ1) is 23.4. The topological polar surface area (TPSA) is 77.5 Å². The predicted molar refractivity (Wildman–Crippen MR) is 135 cm³/mol. The van der Waals surface area contributed by atoms with Gasteiger partial charge in [0.1, 0.15) is 5.69 Å². The van der Waals surface area contributed by atoms with Gasteiger partial charge >= 0.3 is 0 Å². The Hall–Kier alpha value is -3.71. The molecule has 0 spiro atoms. The Balaban J connectivity index is 1.57. The number of Topliss-reactive ketones (excluding diaryl/α,β-unsaturated/α-hetero) is 1. The van der Waals surface area contributed by atoms with E-state index in [0.29, 0.717) is 22.8 Å². The van der Waals surface area contributed by atoms with Crippen molar-refractivity contribution < 1.29 is 19.1 Å². The predicted octanol–water partition coefficient (Wildman–Crippen LogP) is 5.46. The molecule has 0 saturated carbocycles. The van der Waals surface area contributed by atoms with Crippen molar-refractivity contribution in [1.29, 1.82) is 0 Å². The van der Waals surface area contributed by atoms with Gasteiger partial charge in [-0.25, -0.2) is 4.98 Å². The number of thiophene rings is 1. The number of methoxy groups -OCH3 is 2. The van der Waals surface area contributed by atoms with E-state index in [-0.39, 0.29) is 18.2 Å². The van der Waals surface area contributed by atoms with Gasteiger partial charge in [-0.1, -0.05) is 25.1 Å². The van der Waals surface area contributed by atoms with Crippen LogP contribution in [0.3, 0.4) is 0 Å². The number of carbonyl (C=O) groups is 2. The lowest BCUT2D eigenvalue weighted by Gasteiger charge is -2.10. The van der Waals surface area contributed by atoms with Crippen LogP contribution < -0.4 is 14.8 Å². The van der Waals surface area contributed by atoms with Crippen LogP contribution in [0.4, 0.5) is 0 Å². The van der Waals surface area contributed by atoms with E-state index >= 15 is 0 Å². The highest BCUT2D eigenvalue weighted by molar-refractivity contribution is 7.18. The summed E-state index contributed by atoms with van der Waals surface area (Å²) in [5.41, 5.74) is 4.74. The number of amides is 1. The van der Waals surface area contributed by atoms with Crippen molar-refractivity contribution in [2.75, 3.05) is 20.8 Å². The van der Waals surface area contributed by atoms with Gasteiger partial charge in [0.05, 0.1) is 26.5 Å². The van der Waals surface area contributed by atoms with Crippen molar-refractivity contribution in [3.05, 3.63) is 76.3 Å². The molecule has 0 atom stereocenters. The summed E-state index contributed by atoms with van der Waals surface area (Å²) in [5, 5.41) is 5.91. The fraction of sp³-hybridized carbons (Fsp3) is 0.222. The summed E-state index contributed by atoms with van der Waals surface area (Å²) in [6, 6.07) is 14.9. The Labute approximate surface area is 202 Å². The molecule has 0 radical (unpaired) electrons. The van der Waals surface area contributed by atoms with E-state index in [1.54, 1.807) is 35.6 Å². The Bertz CT molecular complexity index is 1380. The molecule has 1 amide bonds. The maximum atomic E-state index is 13.0. The molecule has 2 aromatic heterocycles. The van der Waals surface area contributed by atoms with Gasteiger partial charge in [0.25, 0.3) is 5.91 Å². The zero-order valence-corrected chi connectivity index (χ0v) is 20.4. The second kappa shape index (κ2) is 10.1. The van der Waals surface area contributed by atoms with Crippen LogP contribution >= 0.6 is 11.3 Å². The van der Waals surface area contributed by atoms with E-state index < -0.39 is 0 Å². The van der Waals surface area contributed by atoms with Crippen molar-refractivity contribution in [2.45, 2.75) is 20.3 Å². The molecular formula is C27H26N2O4S. The lowest BCUT2D eigenvalue weighted by atomic mass is 10.0. The molecule has 174 valence electrons. The molecule has 0 unspecified atom stereocenters. The largest absolute Gasteiger partial charge is 0.493 e. The SMILES string of the molecule is CCc1cc(C(=O)CNC(=O)c2ccc(OC)c(OC)c2)nc(-c2csc3c(C)cccc23)c1. The third-order valence-electron chi connectivity index (χ3n) is 5.71. The highest BCUT2D eigenvalue weighted by Gasteiger charge is 2.17. The number of aryl methyl sites for hydroxylation is 2. The van der Waals surface area contributed by atoms with Gasteiger partial charge in [-0.05, 0) is 54.8 Å². The summed E-state index contributed by atoms with van der Waals surface area (Å²) in [4.78, 5) is 30.3. The number of fused-ring (bicyclic) bond motifs is 1. The summed E-state index contributed by atoms with van der Waals surface area (Å²) < 4.78 is 11.7. The molecule has 0 aliphatic rings. The molecule has 0 aliphatic heterocycles. The van der Waals surface area contributed by atoms with E-state index in [2.05, 4.69) is 34.7 Å². The number of carbonyl (C=O) groups excluding carboxylic acids is 2. The van der Waals surface area contributed by atoms with Crippen molar-refractivity contribution in [1.82, 2.24) is 10.3 Å². The highest BCUT2D eigenvalue weighted by atomic mass is 32.1. The fourth-order valence-corrected chi connectivity index (χ4v) is 4.85. The van der Waals surface area contributed by atoms with Gasteiger partial charge in [0.15, 0.2) is 17.3 Å². The summed E-state index contributed by atoms with van der Waals surface area (Å²) in [5.74, 6) is 0.350. The number of ether oxygens (including phenoxy) is 2. The van der Waals surface area contributed by atoms with Crippen LogP contribution in [0.25, 0.3) is 21.3 Å². The van der Waals surface area contributed by atoms with Gasteiger partial charge < -0.3 is 14.8 Å². The normalized spacial score (nSPS) is 10.8. The average molecular weight is 475 g/mol. The Kier molecular flexibility index (Phi) is 6.93. The second-order valence-corrected chi connectivity index (χ2v) is 8.76. The maximum absolute atomic E-state index is 13.0. The first-order chi connectivity index (χ1) is 16.4. The smallest absolute Gasteiger partial charge is 0.251 e.